The van der Waals surface area contributed by atoms with E-state index >= 15 is 0 Å². The molecule has 0 heterocycles. The number of primary amides is 1. The van der Waals surface area contributed by atoms with E-state index in [1.165, 1.54) is 11.4 Å². The Kier molecular flexibility index (Phi) is 5.81. The van der Waals surface area contributed by atoms with Gasteiger partial charge in [0.1, 0.15) is 5.75 Å². The zero-order chi connectivity index (χ0) is 18.6. The Balaban J connectivity index is 2.35. The maximum absolute atomic E-state index is 12.7. The van der Waals surface area contributed by atoms with E-state index in [9.17, 15) is 13.2 Å². The predicted molar refractivity (Wildman–Crippen MR) is 96.0 cm³/mol. The molecule has 0 saturated heterocycles. The molecule has 2 N–H and O–H groups in total. The van der Waals surface area contributed by atoms with Gasteiger partial charge in [-0.1, -0.05) is 17.7 Å². The van der Waals surface area contributed by atoms with Crippen LogP contribution >= 0.6 is 0 Å². The number of aryl methyl sites for hydroxylation is 1. The first-order valence-corrected chi connectivity index (χ1v) is 9.28. The van der Waals surface area contributed by atoms with Gasteiger partial charge in [0.15, 0.2) is 0 Å². The summed E-state index contributed by atoms with van der Waals surface area (Å²) in [6.07, 6.45) is 0. The van der Waals surface area contributed by atoms with Gasteiger partial charge in [-0.15, -0.1) is 0 Å². The Morgan fingerprint density at radius 2 is 1.80 bits per heavy atom. The molecule has 0 radical (unpaired) electrons. The molecule has 0 saturated carbocycles. The Morgan fingerprint density at radius 1 is 1.16 bits per heavy atom. The molecule has 0 bridgehead atoms. The summed E-state index contributed by atoms with van der Waals surface area (Å²) in [5.41, 5.74) is 7.18. The lowest BCUT2D eigenvalue weighted by Gasteiger charge is -2.19. The van der Waals surface area contributed by atoms with E-state index in [0.717, 1.165) is 5.56 Å². The van der Waals surface area contributed by atoms with Gasteiger partial charge >= 0.3 is 0 Å². The quantitative estimate of drug-likeness (QED) is 0.818. The largest absolute Gasteiger partial charge is 0.494 e. The van der Waals surface area contributed by atoms with Crippen molar-refractivity contribution < 1.29 is 17.9 Å². The van der Waals surface area contributed by atoms with Gasteiger partial charge in [-0.25, -0.2) is 8.42 Å². The van der Waals surface area contributed by atoms with Gasteiger partial charge < -0.3 is 10.5 Å². The Bertz CT molecular complexity index is 861. The molecule has 25 heavy (non-hydrogen) atoms. The van der Waals surface area contributed by atoms with Crippen molar-refractivity contribution in [2.45, 2.75) is 25.3 Å². The van der Waals surface area contributed by atoms with Crippen LogP contribution in [0.25, 0.3) is 0 Å². The molecule has 2 aromatic carbocycles. The summed E-state index contributed by atoms with van der Waals surface area (Å²) < 4.78 is 32.2. The highest BCUT2D eigenvalue weighted by Gasteiger charge is 2.22. The monoisotopic (exact) mass is 362 g/mol. The van der Waals surface area contributed by atoms with E-state index in [1.54, 1.807) is 42.5 Å². The fourth-order valence-corrected chi connectivity index (χ4v) is 3.52. The van der Waals surface area contributed by atoms with Gasteiger partial charge in [-0.2, -0.15) is 4.31 Å². The summed E-state index contributed by atoms with van der Waals surface area (Å²) in [7, 11) is -2.17. The van der Waals surface area contributed by atoms with E-state index in [1.807, 2.05) is 13.8 Å². The second kappa shape index (κ2) is 7.67. The summed E-state index contributed by atoms with van der Waals surface area (Å²) in [6, 6.07) is 11.4. The summed E-state index contributed by atoms with van der Waals surface area (Å²) in [5.74, 6) is -0.0493. The van der Waals surface area contributed by atoms with Crippen molar-refractivity contribution in [1.29, 1.82) is 0 Å². The first-order chi connectivity index (χ1) is 11.8. The molecule has 0 aliphatic heterocycles. The standard InChI is InChI=1S/C18H22N2O4S/c1-4-24-17-10-7-14(18(19)21)11-15(17)12-20(3)25(22,23)16-8-5-13(2)6-9-16/h5-11H,4,12H2,1-3H3,(H2,19,21). The molecule has 0 fully saturated rings. The summed E-state index contributed by atoms with van der Waals surface area (Å²) in [4.78, 5) is 11.6. The third kappa shape index (κ3) is 4.37. The van der Waals surface area contributed by atoms with Crippen molar-refractivity contribution in [2.24, 2.45) is 5.73 Å². The van der Waals surface area contributed by atoms with Crippen LogP contribution in [-0.4, -0.2) is 32.3 Å². The van der Waals surface area contributed by atoms with Crippen LogP contribution in [0.4, 0.5) is 0 Å². The Hall–Kier alpha value is -2.38. The number of benzene rings is 2. The summed E-state index contributed by atoms with van der Waals surface area (Å²) >= 11 is 0. The molecule has 0 aliphatic rings. The molecule has 1 amide bonds. The summed E-state index contributed by atoms with van der Waals surface area (Å²) in [6.45, 7) is 4.21. The average Bonchev–Trinajstić information content (AvgIpc) is 2.56. The first kappa shape index (κ1) is 19.0. The van der Waals surface area contributed by atoms with Crippen molar-refractivity contribution in [3.63, 3.8) is 0 Å². The SMILES string of the molecule is CCOc1ccc(C(N)=O)cc1CN(C)S(=O)(=O)c1ccc(C)cc1. The maximum atomic E-state index is 12.7. The molecular weight excluding hydrogens is 340 g/mol. The lowest BCUT2D eigenvalue weighted by molar-refractivity contribution is 0.1000. The van der Waals surface area contributed by atoms with Crippen LogP contribution in [-0.2, 0) is 16.6 Å². The van der Waals surface area contributed by atoms with Crippen molar-refractivity contribution in [2.75, 3.05) is 13.7 Å². The number of carbonyl (C=O) groups excluding carboxylic acids is 1. The Labute approximate surface area is 148 Å². The lowest BCUT2D eigenvalue weighted by atomic mass is 10.1. The number of nitrogens with two attached hydrogens (primary N) is 1. The number of rotatable bonds is 7. The average molecular weight is 362 g/mol. The third-order valence-corrected chi connectivity index (χ3v) is 5.58. The normalized spacial score (nSPS) is 11.5. The van der Waals surface area contributed by atoms with Crippen LogP contribution in [0.1, 0.15) is 28.4 Å². The minimum Gasteiger partial charge on any atom is -0.494 e. The lowest BCUT2D eigenvalue weighted by Crippen LogP contribution is -2.27. The molecule has 7 heteroatoms. The molecule has 0 atom stereocenters. The van der Waals surface area contributed by atoms with E-state index in [-0.39, 0.29) is 11.4 Å². The van der Waals surface area contributed by atoms with Gasteiger partial charge in [-0.3, -0.25) is 4.79 Å². The zero-order valence-electron chi connectivity index (χ0n) is 14.5. The third-order valence-electron chi connectivity index (χ3n) is 3.77. The highest BCUT2D eigenvalue weighted by molar-refractivity contribution is 7.89. The molecule has 0 aliphatic carbocycles. The molecule has 0 unspecified atom stereocenters. The fourth-order valence-electron chi connectivity index (χ4n) is 2.37. The van der Waals surface area contributed by atoms with Crippen molar-refractivity contribution in [3.8, 4) is 5.75 Å². The van der Waals surface area contributed by atoms with Crippen molar-refractivity contribution >= 4 is 15.9 Å². The smallest absolute Gasteiger partial charge is 0.248 e. The van der Waals surface area contributed by atoms with Crippen LogP contribution in [0.5, 0.6) is 5.75 Å². The second-order valence-corrected chi connectivity index (χ2v) is 7.74. The molecule has 2 aromatic rings. The van der Waals surface area contributed by atoms with Crippen LogP contribution < -0.4 is 10.5 Å². The highest BCUT2D eigenvalue weighted by atomic mass is 32.2. The van der Waals surface area contributed by atoms with Crippen molar-refractivity contribution in [3.05, 3.63) is 59.2 Å². The topological polar surface area (TPSA) is 89.7 Å². The Morgan fingerprint density at radius 3 is 2.36 bits per heavy atom. The van der Waals surface area contributed by atoms with Gasteiger partial charge in [0.25, 0.3) is 0 Å². The van der Waals surface area contributed by atoms with Gasteiger partial charge in [0.2, 0.25) is 15.9 Å². The summed E-state index contributed by atoms with van der Waals surface area (Å²) in [5, 5.41) is 0. The number of carbonyl (C=O) groups is 1. The van der Waals surface area contributed by atoms with Gasteiger partial charge in [-0.05, 0) is 44.2 Å². The second-order valence-electron chi connectivity index (χ2n) is 5.69. The predicted octanol–water partition coefficient (Wildman–Crippen LogP) is 2.31. The van der Waals surface area contributed by atoms with Crippen LogP contribution in [0.3, 0.4) is 0 Å². The number of sulfonamides is 1. The number of amides is 1. The fraction of sp³-hybridized carbons (Fsp3) is 0.278. The molecular formula is C18H22N2O4S. The maximum Gasteiger partial charge on any atom is 0.248 e. The van der Waals surface area contributed by atoms with E-state index in [4.69, 9.17) is 10.5 Å². The van der Waals surface area contributed by atoms with E-state index in [0.29, 0.717) is 23.5 Å². The van der Waals surface area contributed by atoms with Crippen LogP contribution in [0, 0.1) is 6.92 Å². The highest BCUT2D eigenvalue weighted by Crippen LogP contribution is 2.24. The molecule has 0 spiro atoms. The van der Waals surface area contributed by atoms with E-state index in [2.05, 4.69) is 0 Å². The van der Waals surface area contributed by atoms with Crippen LogP contribution in [0.2, 0.25) is 0 Å². The molecule has 6 nitrogen and oxygen atoms in total. The molecule has 0 aromatic heterocycles. The minimum atomic E-state index is -3.66. The van der Waals surface area contributed by atoms with Crippen molar-refractivity contribution in [1.82, 2.24) is 4.31 Å². The zero-order valence-corrected chi connectivity index (χ0v) is 15.3. The molecule has 134 valence electrons. The number of hydrogen-bond donors (Lipinski definition) is 1. The minimum absolute atomic E-state index is 0.0622. The van der Waals surface area contributed by atoms with Gasteiger partial charge in [0, 0.05) is 24.7 Å². The number of nitrogens with zero attached hydrogens (tertiary/aromatic N) is 1. The number of ether oxygens (including phenoxy) is 1. The van der Waals surface area contributed by atoms with E-state index < -0.39 is 15.9 Å². The first-order valence-electron chi connectivity index (χ1n) is 7.84. The molecule has 2 rings (SSSR count). The number of hydrogen-bond acceptors (Lipinski definition) is 4. The van der Waals surface area contributed by atoms with Crippen LogP contribution in [0.15, 0.2) is 47.4 Å². The van der Waals surface area contributed by atoms with Gasteiger partial charge in [0.05, 0.1) is 11.5 Å².